The van der Waals surface area contributed by atoms with E-state index in [4.69, 9.17) is 9.47 Å². The third-order valence-electron chi connectivity index (χ3n) is 5.10. The van der Waals surface area contributed by atoms with Gasteiger partial charge in [0.25, 0.3) is 5.91 Å². The Hall–Kier alpha value is -4.01. The molecule has 0 aliphatic carbocycles. The van der Waals surface area contributed by atoms with E-state index < -0.39 is 6.29 Å². The van der Waals surface area contributed by atoms with Crippen molar-refractivity contribution in [3.8, 4) is 0 Å². The minimum atomic E-state index is -0.502. The third kappa shape index (κ3) is 5.43. The second-order valence-corrected chi connectivity index (χ2v) is 7.24. The lowest BCUT2D eigenvalue weighted by molar-refractivity contribution is -0.0974. The van der Waals surface area contributed by atoms with Crippen LogP contribution in [0.5, 0.6) is 0 Å². The first-order valence-corrected chi connectivity index (χ1v) is 10.4. The number of methoxy groups -OCH3 is 2. The second-order valence-electron chi connectivity index (χ2n) is 7.24. The molecular weight excluding hydrogens is 418 g/mol. The molecule has 0 bridgehead atoms. The van der Waals surface area contributed by atoms with Crippen molar-refractivity contribution in [1.82, 2.24) is 20.5 Å². The quantitative estimate of drug-likeness (QED) is 0.335. The molecule has 0 aliphatic rings. The zero-order valence-electron chi connectivity index (χ0n) is 18.4. The molecule has 0 saturated carbocycles. The Bertz CT molecular complexity index is 1250. The van der Waals surface area contributed by atoms with E-state index in [9.17, 15) is 4.79 Å². The molecule has 0 aliphatic heterocycles. The number of nitrogens with one attached hydrogen (secondary N) is 3. The van der Waals surface area contributed by atoms with Crippen LogP contribution in [0.3, 0.4) is 0 Å². The van der Waals surface area contributed by atoms with Gasteiger partial charge in [-0.2, -0.15) is 5.10 Å². The van der Waals surface area contributed by atoms with Crippen molar-refractivity contribution in [2.24, 2.45) is 0 Å². The first-order valence-electron chi connectivity index (χ1n) is 10.4. The van der Waals surface area contributed by atoms with Crippen molar-refractivity contribution in [3.05, 3.63) is 83.8 Å². The minimum Gasteiger partial charge on any atom is -0.355 e. The number of para-hydroxylation sites is 1. The lowest BCUT2D eigenvalue weighted by Crippen LogP contribution is -2.34. The molecular formula is C25H25N5O3. The maximum atomic E-state index is 12.7. The number of anilines is 2. The molecule has 2 heterocycles. The van der Waals surface area contributed by atoms with Gasteiger partial charge in [-0.1, -0.05) is 18.2 Å². The number of pyridine rings is 1. The Morgan fingerprint density at radius 1 is 1.06 bits per heavy atom. The highest BCUT2D eigenvalue weighted by molar-refractivity contribution is 6.00. The van der Waals surface area contributed by atoms with E-state index in [0.717, 1.165) is 28.0 Å². The summed E-state index contributed by atoms with van der Waals surface area (Å²) in [6, 6.07) is 19.0. The van der Waals surface area contributed by atoms with Crippen LogP contribution in [0.2, 0.25) is 0 Å². The summed E-state index contributed by atoms with van der Waals surface area (Å²) < 4.78 is 10.3. The molecule has 0 saturated heterocycles. The zero-order chi connectivity index (χ0) is 23.0. The number of amides is 1. The number of H-pyrrole nitrogens is 1. The van der Waals surface area contributed by atoms with Gasteiger partial charge in [0, 0.05) is 31.5 Å². The van der Waals surface area contributed by atoms with Gasteiger partial charge in [0.1, 0.15) is 0 Å². The predicted molar refractivity (Wildman–Crippen MR) is 129 cm³/mol. The first kappa shape index (κ1) is 22.2. The highest BCUT2D eigenvalue weighted by Gasteiger charge is 2.14. The van der Waals surface area contributed by atoms with Gasteiger partial charge >= 0.3 is 0 Å². The predicted octanol–water partition coefficient (Wildman–Crippen LogP) is 4.22. The smallest absolute Gasteiger partial charge is 0.253 e. The second kappa shape index (κ2) is 10.5. The van der Waals surface area contributed by atoms with Crippen LogP contribution in [0.4, 0.5) is 11.4 Å². The number of hydrogen-bond donors (Lipinski definition) is 3. The topological polar surface area (TPSA) is 101 Å². The molecule has 4 aromatic rings. The summed E-state index contributed by atoms with van der Waals surface area (Å²) in [7, 11) is 3.06. The van der Waals surface area contributed by atoms with Crippen LogP contribution in [0.25, 0.3) is 23.1 Å². The van der Waals surface area contributed by atoms with Crippen LogP contribution in [0.15, 0.2) is 66.9 Å². The summed E-state index contributed by atoms with van der Waals surface area (Å²) in [6.07, 6.45) is 5.11. The largest absolute Gasteiger partial charge is 0.355 e. The van der Waals surface area contributed by atoms with Crippen LogP contribution >= 0.6 is 0 Å². The van der Waals surface area contributed by atoms with Crippen molar-refractivity contribution < 1.29 is 14.3 Å². The van der Waals surface area contributed by atoms with E-state index in [1.165, 1.54) is 14.2 Å². The fraction of sp³-hybridized carbons (Fsp3) is 0.160. The number of aromatic amines is 1. The van der Waals surface area contributed by atoms with Crippen molar-refractivity contribution in [2.75, 3.05) is 26.1 Å². The lowest BCUT2D eigenvalue weighted by atomic mass is 10.1. The number of ether oxygens (including phenoxy) is 2. The average molecular weight is 444 g/mol. The van der Waals surface area contributed by atoms with E-state index in [1.54, 1.807) is 12.3 Å². The van der Waals surface area contributed by atoms with Crippen LogP contribution in [0, 0.1) is 0 Å². The molecule has 8 nitrogen and oxygen atoms in total. The number of rotatable bonds is 9. The monoisotopic (exact) mass is 443 g/mol. The van der Waals surface area contributed by atoms with Gasteiger partial charge in [-0.15, -0.1) is 0 Å². The zero-order valence-corrected chi connectivity index (χ0v) is 18.4. The average Bonchev–Trinajstić information content (AvgIpc) is 3.26. The van der Waals surface area contributed by atoms with Gasteiger partial charge < -0.3 is 20.1 Å². The molecule has 2 aromatic heterocycles. The number of nitrogens with zero attached hydrogens (tertiary/aromatic N) is 2. The molecule has 168 valence electrons. The summed E-state index contributed by atoms with van der Waals surface area (Å²) in [5.41, 5.74) is 4.61. The SMILES string of the molecule is COC(CNC(=O)c1ccccc1Nc1ccc2c(/C=C/c3ccccn3)n[nH]c2c1)OC. The van der Waals surface area contributed by atoms with Gasteiger partial charge in [-0.25, -0.2) is 0 Å². The van der Waals surface area contributed by atoms with Gasteiger partial charge in [-0.3, -0.25) is 14.9 Å². The van der Waals surface area contributed by atoms with Crippen LogP contribution < -0.4 is 10.6 Å². The van der Waals surface area contributed by atoms with Crippen LogP contribution in [-0.4, -0.2) is 48.1 Å². The third-order valence-corrected chi connectivity index (χ3v) is 5.10. The van der Waals surface area contributed by atoms with Crippen LogP contribution in [-0.2, 0) is 9.47 Å². The molecule has 33 heavy (non-hydrogen) atoms. The molecule has 0 radical (unpaired) electrons. The molecule has 1 amide bonds. The van der Waals surface area contributed by atoms with Crippen molar-refractivity contribution in [3.63, 3.8) is 0 Å². The fourth-order valence-electron chi connectivity index (χ4n) is 3.36. The van der Waals surface area contributed by atoms with Gasteiger partial charge in [0.2, 0.25) is 0 Å². The maximum Gasteiger partial charge on any atom is 0.253 e. The number of fused-ring (bicyclic) bond motifs is 1. The maximum absolute atomic E-state index is 12.7. The number of carbonyl (C=O) groups is 1. The molecule has 2 aromatic carbocycles. The first-order chi connectivity index (χ1) is 16.2. The lowest BCUT2D eigenvalue weighted by Gasteiger charge is -2.16. The van der Waals surface area contributed by atoms with Crippen molar-refractivity contribution in [2.45, 2.75) is 6.29 Å². The highest BCUT2D eigenvalue weighted by Crippen LogP contribution is 2.26. The van der Waals surface area contributed by atoms with E-state index in [2.05, 4.69) is 25.8 Å². The Morgan fingerprint density at radius 2 is 1.88 bits per heavy atom. The van der Waals surface area contributed by atoms with Gasteiger partial charge in [0.05, 0.1) is 34.7 Å². The molecule has 0 spiro atoms. The number of carbonyl (C=O) groups excluding carboxylic acids is 1. The minimum absolute atomic E-state index is 0.221. The molecule has 8 heteroatoms. The Labute approximate surface area is 191 Å². The number of aromatic nitrogens is 3. The number of hydrogen-bond acceptors (Lipinski definition) is 6. The van der Waals surface area contributed by atoms with E-state index in [1.807, 2.05) is 66.7 Å². The van der Waals surface area contributed by atoms with Gasteiger partial charge in [-0.05, 0) is 54.6 Å². The fourth-order valence-corrected chi connectivity index (χ4v) is 3.36. The normalized spacial score (nSPS) is 11.4. The molecule has 0 unspecified atom stereocenters. The Kier molecular flexibility index (Phi) is 7.09. The molecule has 3 N–H and O–H groups in total. The van der Waals surface area contributed by atoms with E-state index >= 15 is 0 Å². The molecule has 4 rings (SSSR count). The van der Waals surface area contributed by atoms with Crippen molar-refractivity contribution >= 4 is 40.3 Å². The van der Waals surface area contributed by atoms with E-state index in [0.29, 0.717) is 11.3 Å². The Morgan fingerprint density at radius 3 is 2.67 bits per heavy atom. The summed E-state index contributed by atoms with van der Waals surface area (Å²) in [4.78, 5) is 17.0. The van der Waals surface area contributed by atoms with Gasteiger partial charge in [0.15, 0.2) is 6.29 Å². The molecule has 0 fully saturated rings. The van der Waals surface area contributed by atoms with Crippen molar-refractivity contribution in [1.29, 1.82) is 0 Å². The summed E-state index contributed by atoms with van der Waals surface area (Å²) in [5.74, 6) is -0.221. The Balaban J connectivity index is 1.51. The molecule has 0 atom stereocenters. The summed E-state index contributed by atoms with van der Waals surface area (Å²) in [5, 5.41) is 14.6. The number of benzene rings is 2. The standard InChI is InChI=1S/C25H25N5O3/c1-32-24(33-2)16-27-25(31)20-8-3-4-9-21(20)28-18-10-12-19-22(29-30-23(19)15-18)13-11-17-7-5-6-14-26-17/h3-15,24,28H,16H2,1-2H3,(H,27,31)(H,29,30)/b13-11+. The summed E-state index contributed by atoms with van der Waals surface area (Å²) >= 11 is 0. The summed E-state index contributed by atoms with van der Waals surface area (Å²) in [6.45, 7) is 0.245. The highest BCUT2D eigenvalue weighted by atomic mass is 16.7. The van der Waals surface area contributed by atoms with Crippen LogP contribution in [0.1, 0.15) is 21.7 Å². The van der Waals surface area contributed by atoms with E-state index in [-0.39, 0.29) is 12.5 Å².